The maximum atomic E-state index is 14.4. The van der Waals surface area contributed by atoms with Gasteiger partial charge in [0.25, 0.3) is 0 Å². The van der Waals surface area contributed by atoms with Crippen molar-refractivity contribution in [1.29, 1.82) is 0 Å². The average Bonchev–Trinajstić information content (AvgIpc) is 2.95. The minimum atomic E-state index is -0.827. The van der Waals surface area contributed by atoms with Gasteiger partial charge < -0.3 is 9.64 Å². The average molecular weight is 353 g/mol. The van der Waals surface area contributed by atoms with Gasteiger partial charge in [-0.2, -0.15) is 0 Å². The van der Waals surface area contributed by atoms with E-state index in [2.05, 4.69) is 10.0 Å². The number of benzene rings is 1. The van der Waals surface area contributed by atoms with Gasteiger partial charge in [0, 0.05) is 40.3 Å². The van der Waals surface area contributed by atoms with E-state index in [4.69, 9.17) is 10.3 Å². The molecule has 0 unspecified atom stereocenters. The number of amides is 1. The largest absolute Gasteiger partial charge is 0.444 e. The third-order valence-electron chi connectivity index (χ3n) is 3.98. The van der Waals surface area contributed by atoms with Gasteiger partial charge in [0.1, 0.15) is 11.9 Å². The van der Waals surface area contributed by atoms with Gasteiger partial charge in [-0.15, -0.1) is 0 Å². The van der Waals surface area contributed by atoms with Crippen molar-refractivity contribution in [1.82, 2.24) is 0 Å². The van der Waals surface area contributed by atoms with Gasteiger partial charge in [-0.3, -0.25) is 9.11 Å². The molecule has 2 aliphatic rings. The van der Waals surface area contributed by atoms with E-state index in [-0.39, 0.29) is 13.1 Å². The molecule has 128 valence electrons. The van der Waals surface area contributed by atoms with Gasteiger partial charge in [-0.1, -0.05) is 5.11 Å². The number of anilines is 2. The zero-order chi connectivity index (χ0) is 17.1. The molecule has 3 rings (SSSR count). The first-order valence-corrected chi connectivity index (χ1v) is 8.96. The van der Waals surface area contributed by atoms with Gasteiger partial charge in [0.2, 0.25) is 0 Å². The number of cyclic esters (lactones) is 1. The Morgan fingerprint density at radius 3 is 2.83 bits per heavy atom. The van der Waals surface area contributed by atoms with Crippen LogP contribution < -0.4 is 9.80 Å². The van der Waals surface area contributed by atoms with Gasteiger partial charge in [-0.05, 0) is 23.7 Å². The fourth-order valence-corrected chi connectivity index (χ4v) is 3.81. The number of hydrogen-bond donors (Lipinski definition) is 0. The second kappa shape index (κ2) is 7.06. The van der Waals surface area contributed by atoms with Crippen LogP contribution in [0.4, 0.5) is 20.6 Å². The first kappa shape index (κ1) is 16.5. The van der Waals surface area contributed by atoms with Crippen LogP contribution in [0.25, 0.3) is 10.4 Å². The number of nitrogens with zero attached hydrogens (tertiary/aromatic N) is 5. The molecule has 10 heteroatoms. The molecule has 0 aromatic heterocycles. The SMILES string of the molecule is [N-]=[N+]=NC[C@H]1CN(c2ccc(N3CCS(=O)CC3)c(F)c2)C(=O)O1. The van der Waals surface area contributed by atoms with Crippen LogP contribution in [0.15, 0.2) is 23.3 Å². The Balaban J connectivity index is 1.74. The molecule has 0 saturated carbocycles. The molecular weight excluding hydrogens is 337 g/mol. The summed E-state index contributed by atoms with van der Waals surface area (Å²) in [5, 5.41) is 3.39. The summed E-state index contributed by atoms with van der Waals surface area (Å²) in [6, 6.07) is 4.56. The maximum Gasteiger partial charge on any atom is 0.414 e. The Kier molecular flexibility index (Phi) is 4.86. The lowest BCUT2D eigenvalue weighted by atomic mass is 10.2. The maximum absolute atomic E-state index is 14.4. The molecule has 2 heterocycles. The van der Waals surface area contributed by atoms with Crippen LogP contribution in [0.2, 0.25) is 0 Å². The van der Waals surface area contributed by atoms with E-state index >= 15 is 0 Å². The van der Waals surface area contributed by atoms with E-state index in [9.17, 15) is 13.4 Å². The molecular formula is C14H16FN5O3S. The van der Waals surface area contributed by atoms with Gasteiger partial charge >= 0.3 is 6.09 Å². The van der Waals surface area contributed by atoms with E-state index < -0.39 is 28.8 Å². The molecule has 0 bridgehead atoms. The fraction of sp³-hybridized carbons (Fsp3) is 0.500. The van der Waals surface area contributed by atoms with Crippen molar-refractivity contribution in [2.75, 3.05) is 47.5 Å². The Morgan fingerprint density at radius 2 is 2.17 bits per heavy atom. The topological polar surface area (TPSA) is 98.6 Å². The zero-order valence-electron chi connectivity index (χ0n) is 12.8. The quantitative estimate of drug-likeness (QED) is 0.470. The monoisotopic (exact) mass is 353 g/mol. The van der Waals surface area contributed by atoms with Crippen LogP contribution >= 0.6 is 0 Å². The molecule has 2 aliphatic heterocycles. The highest BCUT2D eigenvalue weighted by molar-refractivity contribution is 7.85. The smallest absolute Gasteiger partial charge is 0.414 e. The number of halogens is 1. The molecule has 1 aromatic carbocycles. The number of rotatable bonds is 4. The van der Waals surface area contributed by atoms with Crippen molar-refractivity contribution in [2.45, 2.75) is 6.10 Å². The van der Waals surface area contributed by atoms with E-state index in [0.717, 1.165) is 0 Å². The Labute approximate surface area is 140 Å². The Bertz CT molecular complexity index is 714. The minimum Gasteiger partial charge on any atom is -0.444 e. The Hall–Kier alpha value is -2.32. The first-order valence-electron chi connectivity index (χ1n) is 7.47. The summed E-state index contributed by atoms with van der Waals surface area (Å²) in [5.74, 6) is 0.619. The second-order valence-corrected chi connectivity index (χ2v) is 7.20. The summed E-state index contributed by atoms with van der Waals surface area (Å²) in [5.41, 5.74) is 9.15. The van der Waals surface area contributed by atoms with E-state index in [1.54, 1.807) is 12.1 Å². The summed E-state index contributed by atoms with van der Waals surface area (Å²) in [6.45, 7) is 1.34. The van der Waals surface area contributed by atoms with Gasteiger partial charge in [0.05, 0.1) is 24.5 Å². The summed E-state index contributed by atoms with van der Waals surface area (Å²) in [7, 11) is -0.827. The van der Waals surface area contributed by atoms with Crippen molar-refractivity contribution >= 4 is 28.3 Å². The van der Waals surface area contributed by atoms with Crippen LogP contribution in [-0.2, 0) is 15.5 Å². The van der Waals surface area contributed by atoms with Crippen LogP contribution in [-0.4, -0.2) is 54.1 Å². The molecule has 1 amide bonds. The molecule has 1 aromatic rings. The van der Waals surface area contributed by atoms with Crippen LogP contribution in [0, 0.1) is 5.82 Å². The molecule has 8 nitrogen and oxygen atoms in total. The highest BCUT2D eigenvalue weighted by Crippen LogP contribution is 2.28. The number of ether oxygens (including phenoxy) is 1. The van der Waals surface area contributed by atoms with Crippen LogP contribution in [0.3, 0.4) is 0 Å². The second-order valence-electron chi connectivity index (χ2n) is 5.50. The van der Waals surface area contributed by atoms with Crippen molar-refractivity contribution in [3.8, 4) is 0 Å². The lowest BCUT2D eigenvalue weighted by Gasteiger charge is -2.29. The van der Waals surface area contributed by atoms with Gasteiger partial charge in [0.15, 0.2) is 0 Å². The molecule has 1 atom stereocenters. The van der Waals surface area contributed by atoms with Crippen molar-refractivity contribution < 1.29 is 18.1 Å². The van der Waals surface area contributed by atoms with Crippen molar-refractivity contribution in [3.05, 3.63) is 34.5 Å². The van der Waals surface area contributed by atoms with Crippen LogP contribution in [0.5, 0.6) is 0 Å². The highest BCUT2D eigenvalue weighted by Gasteiger charge is 2.32. The highest BCUT2D eigenvalue weighted by atomic mass is 32.2. The molecule has 2 saturated heterocycles. The number of hydrogen-bond acceptors (Lipinski definition) is 5. The molecule has 0 aliphatic carbocycles. The third kappa shape index (κ3) is 3.44. The van der Waals surface area contributed by atoms with Crippen molar-refractivity contribution in [3.63, 3.8) is 0 Å². The lowest BCUT2D eigenvalue weighted by molar-refractivity contribution is 0.145. The first-order chi connectivity index (χ1) is 11.6. The van der Waals surface area contributed by atoms with Crippen LogP contribution in [0.1, 0.15) is 0 Å². The lowest BCUT2D eigenvalue weighted by Crippen LogP contribution is -2.38. The third-order valence-corrected chi connectivity index (χ3v) is 5.26. The van der Waals surface area contributed by atoms with E-state index in [1.807, 2.05) is 4.90 Å². The standard InChI is InChI=1S/C14H16FN5O3S/c15-12-7-10(20-9-11(8-17-18-16)23-14(20)21)1-2-13(12)19-3-5-24(22)6-4-19/h1-2,7,11H,3-6,8-9H2/t11-/m0/s1. The minimum absolute atomic E-state index is 0.0459. The number of azide groups is 1. The van der Waals surface area contributed by atoms with Crippen molar-refractivity contribution in [2.24, 2.45) is 5.11 Å². The van der Waals surface area contributed by atoms with Gasteiger partial charge in [-0.25, -0.2) is 9.18 Å². The summed E-state index contributed by atoms with van der Waals surface area (Å²) in [6.07, 6.45) is -1.12. The summed E-state index contributed by atoms with van der Waals surface area (Å²) < 4.78 is 30.9. The Morgan fingerprint density at radius 1 is 1.42 bits per heavy atom. The fourth-order valence-electron chi connectivity index (χ4n) is 2.75. The number of carbonyl (C=O) groups is 1. The zero-order valence-corrected chi connectivity index (χ0v) is 13.6. The molecule has 0 N–H and O–H groups in total. The molecule has 24 heavy (non-hydrogen) atoms. The van der Waals surface area contributed by atoms with E-state index in [0.29, 0.717) is 36.0 Å². The number of carbonyl (C=O) groups excluding carboxylic acids is 1. The molecule has 0 spiro atoms. The predicted octanol–water partition coefficient (Wildman–Crippen LogP) is 2.03. The normalized spacial score (nSPS) is 21.5. The molecule has 0 radical (unpaired) electrons. The predicted molar refractivity (Wildman–Crippen MR) is 88.1 cm³/mol. The molecule has 2 fully saturated rings. The van der Waals surface area contributed by atoms with E-state index in [1.165, 1.54) is 11.0 Å². The summed E-state index contributed by atoms with van der Waals surface area (Å²) in [4.78, 5) is 17.7. The summed E-state index contributed by atoms with van der Waals surface area (Å²) >= 11 is 0.